The molecule has 0 amide bonds. The molecule has 4 aromatic rings. The zero-order valence-electron chi connectivity index (χ0n) is 24.5. The van der Waals surface area contributed by atoms with Crippen molar-refractivity contribution in [3.8, 4) is 11.5 Å². The molecule has 1 aromatic heterocycles. The molecule has 0 spiro atoms. The van der Waals surface area contributed by atoms with Crippen LogP contribution in [0.1, 0.15) is 37.8 Å². The van der Waals surface area contributed by atoms with E-state index in [-0.39, 0.29) is 26.3 Å². The number of esters is 1. The van der Waals surface area contributed by atoms with E-state index in [4.69, 9.17) is 14.2 Å². The number of sulfone groups is 1. The maximum atomic E-state index is 14.3. The summed E-state index contributed by atoms with van der Waals surface area (Å²) in [7, 11) is -4.29. The lowest BCUT2D eigenvalue weighted by Crippen LogP contribution is -2.53. The molecule has 0 saturated heterocycles. The van der Waals surface area contributed by atoms with Gasteiger partial charge in [0.2, 0.25) is 0 Å². The fourth-order valence-electron chi connectivity index (χ4n) is 5.21. The summed E-state index contributed by atoms with van der Waals surface area (Å²) in [4.78, 5) is 27.6. The summed E-state index contributed by atoms with van der Waals surface area (Å²) in [5.41, 5.74) is 0.578. The van der Waals surface area contributed by atoms with Gasteiger partial charge in [-0.1, -0.05) is 42.5 Å². The third-order valence-corrected chi connectivity index (χ3v) is 10.3. The smallest absolute Gasteiger partial charge is 0.337 e. The largest absolute Gasteiger partial charge is 0.494 e. The summed E-state index contributed by atoms with van der Waals surface area (Å²) >= 11 is 1.02. The minimum Gasteiger partial charge on any atom is -0.494 e. The summed E-state index contributed by atoms with van der Waals surface area (Å²) < 4.78 is 46.6. The van der Waals surface area contributed by atoms with E-state index in [1.165, 1.54) is 12.1 Å². The number of hydrogen-bond donors (Lipinski definition) is 1. The van der Waals surface area contributed by atoms with Crippen LogP contribution in [-0.4, -0.2) is 49.9 Å². The topological polar surface area (TPSA) is 125 Å². The molecule has 2 atom stereocenters. The number of carbonyl (C=O) groups is 1. The lowest BCUT2D eigenvalue weighted by Gasteiger charge is -2.32. The predicted molar refractivity (Wildman–Crippen MR) is 170 cm³/mol. The third-order valence-electron chi connectivity index (χ3n) is 7.12. The van der Waals surface area contributed by atoms with Gasteiger partial charge in [0.15, 0.2) is 9.84 Å². The van der Waals surface area contributed by atoms with E-state index in [1.807, 2.05) is 13.8 Å². The van der Waals surface area contributed by atoms with E-state index in [0.717, 1.165) is 15.9 Å². The molecule has 44 heavy (non-hydrogen) atoms. The van der Waals surface area contributed by atoms with E-state index in [1.54, 1.807) is 79.7 Å². The normalized spacial score (nSPS) is 16.8. The van der Waals surface area contributed by atoms with E-state index >= 15 is 0 Å². The molecule has 5 rings (SSSR count). The molecule has 1 aliphatic rings. The molecule has 228 valence electrons. The fourth-order valence-corrected chi connectivity index (χ4v) is 8.27. The van der Waals surface area contributed by atoms with Crippen molar-refractivity contribution in [2.75, 3.05) is 19.8 Å². The van der Waals surface area contributed by atoms with Crippen LogP contribution in [0.25, 0.3) is 11.6 Å². The standard InChI is InChI=1S/C33H32N2O7S2/c1-4-40-23-16-12-21(13-17-23)20-26-31(36)35-30(34)29(44(38,39)25-10-8-7-9-11-25)27(22-14-18-24(19-15-22)41-5-2)28(32(35)43-26)33(37)42-6-3/h7-20,27,29,34H,4-6H2,1-3H3/b26-20+,34-30?. The molecule has 0 fully saturated rings. The second-order valence-electron chi connectivity index (χ2n) is 9.84. The second kappa shape index (κ2) is 13.0. The fraction of sp³-hybridized carbons (Fsp3) is 0.242. The Hall–Kier alpha value is -4.48. The lowest BCUT2D eigenvalue weighted by molar-refractivity contribution is -0.136. The lowest BCUT2D eigenvalue weighted by atomic mass is 9.86. The van der Waals surface area contributed by atoms with Gasteiger partial charge >= 0.3 is 5.97 Å². The molecule has 2 unspecified atom stereocenters. The first-order valence-electron chi connectivity index (χ1n) is 14.2. The Morgan fingerprint density at radius 2 is 1.48 bits per heavy atom. The Kier molecular flexibility index (Phi) is 9.17. The monoisotopic (exact) mass is 632 g/mol. The molecule has 1 aliphatic heterocycles. The number of rotatable bonds is 10. The Bertz CT molecular complexity index is 1960. The van der Waals surface area contributed by atoms with Crippen molar-refractivity contribution in [3.63, 3.8) is 0 Å². The molecular weight excluding hydrogens is 601 g/mol. The number of thiazole rings is 1. The van der Waals surface area contributed by atoms with Gasteiger partial charge in [-0.25, -0.2) is 13.2 Å². The number of carbonyl (C=O) groups excluding carboxylic acids is 1. The van der Waals surface area contributed by atoms with Gasteiger partial charge in [-0.15, -0.1) is 11.3 Å². The van der Waals surface area contributed by atoms with Gasteiger partial charge in [-0.2, -0.15) is 0 Å². The Morgan fingerprint density at radius 1 is 0.886 bits per heavy atom. The summed E-state index contributed by atoms with van der Waals surface area (Å²) in [6, 6.07) is 21.7. The molecule has 1 N–H and O–H groups in total. The maximum absolute atomic E-state index is 14.3. The van der Waals surface area contributed by atoms with Gasteiger partial charge in [-0.3, -0.25) is 14.8 Å². The summed E-state index contributed by atoms with van der Waals surface area (Å²) in [6.07, 6.45) is 1.65. The van der Waals surface area contributed by atoms with E-state index < -0.39 is 38.4 Å². The summed E-state index contributed by atoms with van der Waals surface area (Å²) in [5, 5.41) is 7.63. The van der Waals surface area contributed by atoms with Crippen molar-refractivity contribution in [2.24, 2.45) is 0 Å². The minimum atomic E-state index is -4.29. The van der Waals surface area contributed by atoms with Crippen LogP contribution in [0.3, 0.4) is 0 Å². The predicted octanol–water partition coefficient (Wildman–Crippen LogP) is 3.72. The highest BCUT2D eigenvalue weighted by Gasteiger charge is 2.48. The SMILES string of the molecule is CCOC(=O)C1=c2s/c(=C/c3ccc(OCC)cc3)c(=O)n2C(=N)C(S(=O)(=O)c2ccccc2)C1c1ccc(OCC)cc1. The number of hydrogen-bond acceptors (Lipinski definition) is 9. The van der Waals surface area contributed by atoms with Crippen molar-refractivity contribution in [2.45, 2.75) is 36.8 Å². The van der Waals surface area contributed by atoms with Crippen LogP contribution in [-0.2, 0) is 19.4 Å². The molecule has 0 saturated carbocycles. The molecule has 0 aliphatic carbocycles. The molecule has 0 radical (unpaired) electrons. The Balaban J connectivity index is 1.81. The van der Waals surface area contributed by atoms with Crippen LogP contribution in [0.2, 0.25) is 0 Å². The van der Waals surface area contributed by atoms with Crippen LogP contribution < -0.4 is 24.2 Å². The Labute approximate surface area is 259 Å². The minimum absolute atomic E-state index is 0.00459. The van der Waals surface area contributed by atoms with Crippen molar-refractivity contribution in [1.29, 1.82) is 5.41 Å². The highest BCUT2D eigenvalue weighted by atomic mass is 32.2. The Morgan fingerprint density at radius 3 is 2.05 bits per heavy atom. The number of aromatic nitrogens is 1. The maximum Gasteiger partial charge on any atom is 0.337 e. The van der Waals surface area contributed by atoms with Crippen molar-refractivity contribution >= 4 is 44.6 Å². The average molecular weight is 633 g/mol. The number of nitrogens with zero attached hydrogens (tertiary/aromatic N) is 1. The zero-order chi connectivity index (χ0) is 31.4. The first kappa shape index (κ1) is 31.0. The molecule has 11 heteroatoms. The van der Waals surface area contributed by atoms with Crippen LogP contribution in [0.15, 0.2) is 88.6 Å². The highest BCUT2D eigenvalue weighted by molar-refractivity contribution is 7.93. The quantitative estimate of drug-likeness (QED) is 0.264. The zero-order valence-corrected chi connectivity index (χ0v) is 26.1. The van der Waals surface area contributed by atoms with Crippen molar-refractivity contribution in [3.05, 3.63) is 110 Å². The second-order valence-corrected chi connectivity index (χ2v) is 12.9. The highest BCUT2D eigenvalue weighted by Crippen LogP contribution is 2.39. The molecule has 0 bridgehead atoms. The van der Waals surface area contributed by atoms with Gasteiger partial charge in [0, 0.05) is 5.92 Å². The first-order valence-corrected chi connectivity index (χ1v) is 16.6. The van der Waals surface area contributed by atoms with Crippen LogP contribution in [0.5, 0.6) is 11.5 Å². The van der Waals surface area contributed by atoms with Crippen LogP contribution in [0, 0.1) is 5.41 Å². The summed E-state index contributed by atoms with van der Waals surface area (Å²) in [5.74, 6) is -1.08. The van der Waals surface area contributed by atoms with Gasteiger partial charge in [0.25, 0.3) is 5.56 Å². The number of benzene rings is 3. The molecule has 9 nitrogen and oxygen atoms in total. The van der Waals surface area contributed by atoms with Crippen molar-refractivity contribution in [1.82, 2.24) is 4.57 Å². The first-order chi connectivity index (χ1) is 21.2. The molecular formula is C33H32N2O7S2. The number of nitrogens with one attached hydrogen (secondary N) is 1. The van der Waals surface area contributed by atoms with Gasteiger partial charge in [-0.05, 0) is 74.4 Å². The number of fused-ring (bicyclic) bond motifs is 1. The van der Waals surface area contributed by atoms with Crippen molar-refractivity contribution < 1.29 is 27.4 Å². The van der Waals surface area contributed by atoms with Crippen LogP contribution >= 0.6 is 11.3 Å². The number of ether oxygens (including phenoxy) is 3. The van der Waals surface area contributed by atoms with Gasteiger partial charge in [0.1, 0.15) is 27.2 Å². The molecule has 2 heterocycles. The average Bonchev–Trinajstić information content (AvgIpc) is 3.34. The third kappa shape index (κ3) is 5.85. The molecule has 3 aromatic carbocycles. The van der Waals surface area contributed by atoms with Crippen LogP contribution in [0.4, 0.5) is 0 Å². The van der Waals surface area contributed by atoms with E-state index in [0.29, 0.717) is 35.8 Å². The van der Waals surface area contributed by atoms with Gasteiger partial charge < -0.3 is 14.2 Å². The van der Waals surface area contributed by atoms with Gasteiger partial charge in [0.05, 0.1) is 34.8 Å². The summed E-state index contributed by atoms with van der Waals surface area (Å²) in [6.45, 7) is 6.37. The van der Waals surface area contributed by atoms with E-state index in [9.17, 15) is 23.4 Å². The van der Waals surface area contributed by atoms with E-state index in [2.05, 4.69) is 0 Å².